The number of carbonyl (C=O) groups is 3. The lowest BCUT2D eigenvalue weighted by molar-refractivity contribution is -0.126. The van der Waals surface area contributed by atoms with Gasteiger partial charge in [-0.25, -0.2) is 0 Å². The van der Waals surface area contributed by atoms with Gasteiger partial charge in [0, 0.05) is 37.8 Å². The third kappa shape index (κ3) is 4.46. The summed E-state index contributed by atoms with van der Waals surface area (Å²) in [7, 11) is 1.56. The predicted octanol–water partition coefficient (Wildman–Crippen LogP) is 1.19. The number of methoxy groups -OCH3 is 1. The van der Waals surface area contributed by atoms with E-state index in [0.29, 0.717) is 18.0 Å². The number of nitrogens with one attached hydrogen (secondary N) is 2. The Morgan fingerprint density at radius 2 is 2.04 bits per heavy atom. The van der Waals surface area contributed by atoms with Crippen LogP contribution in [0.4, 0.5) is 5.69 Å². The molecule has 1 aromatic heterocycles. The fraction of sp³-hybridized carbons (Fsp3) is 0.316. The minimum absolute atomic E-state index is 0.102. The minimum atomic E-state index is -0.426. The molecule has 1 fully saturated rings. The van der Waals surface area contributed by atoms with Gasteiger partial charge < -0.3 is 24.7 Å². The predicted molar refractivity (Wildman–Crippen MR) is 97.5 cm³/mol. The minimum Gasteiger partial charge on any atom is -0.497 e. The highest BCUT2D eigenvalue weighted by Crippen LogP contribution is 2.27. The molecule has 3 rings (SSSR count). The summed E-state index contributed by atoms with van der Waals surface area (Å²) in [4.78, 5) is 37.9. The highest BCUT2D eigenvalue weighted by Gasteiger charge is 2.35. The van der Waals surface area contributed by atoms with E-state index in [-0.39, 0.29) is 43.0 Å². The summed E-state index contributed by atoms with van der Waals surface area (Å²) >= 11 is 0. The Hall–Kier alpha value is -3.29. The van der Waals surface area contributed by atoms with E-state index < -0.39 is 5.92 Å². The van der Waals surface area contributed by atoms with Gasteiger partial charge in [0.25, 0.3) is 5.91 Å². The Balaban J connectivity index is 1.46. The second-order valence-electron chi connectivity index (χ2n) is 6.13. The molecule has 1 atom stereocenters. The summed E-state index contributed by atoms with van der Waals surface area (Å²) in [5, 5.41) is 5.40. The molecule has 3 amide bonds. The fourth-order valence-electron chi connectivity index (χ4n) is 2.91. The van der Waals surface area contributed by atoms with Gasteiger partial charge in [-0.2, -0.15) is 0 Å². The topological polar surface area (TPSA) is 101 Å². The highest BCUT2D eigenvalue weighted by molar-refractivity contribution is 6.00. The van der Waals surface area contributed by atoms with Crippen molar-refractivity contribution in [2.24, 2.45) is 5.92 Å². The maximum atomic E-state index is 12.3. The lowest BCUT2D eigenvalue weighted by Crippen LogP contribution is -2.38. The van der Waals surface area contributed by atoms with Crippen molar-refractivity contribution in [2.45, 2.75) is 6.42 Å². The van der Waals surface area contributed by atoms with Crippen molar-refractivity contribution in [3.05, 3.63) is 48.4 Å². The van der Waals surface area contributed by atoms with E-state index in [2.05, 4.69) is 10.6 Å². The van der Waals surface area contributed by atoms with Gasteiger partial charge >= 0.3 is 0 Å². The Morgan fingerprint density at radius 1 is 1.22 bits per heavy atom. The molecular weight excluding hydrogens is 350 g/mol. The fourth-order valence-corrected chi connectivity index (χ4v) is 2.91. The molecule has 1 aromatic carbocycles. The first-order valence-electron chi connectivity index (χ1n) is 8.62. The average molecular weight is 371 g/mol. The van der Waals surface area contributed by atoms with Crippen LogP contribution < -0.4 is 20.3 Å². The molecule has 1 aliphatic heterocycles. The Morgan fingerprint density at radius 3 is 2.78 bits per heavy atom. The first-order chi connectivity index (χ1) is 13.1. The summed E-state index contributed by atoms with van der Waals surface area (Å²) in [6.45, 7) is 0.858. The SMILES string of the molecule is COc1cccc(N2CC(C(=O)NCCNC(=O)c3ccco3)CC2=O)c1. The molecule has 0 aliphatic carbocycles. The van der Waals surface area contributed by atoms with E-state index >= 15 is 0 Å². The summed E-state index contributed by atoms with van der Waals surface area (Å²) in [6.07, 6.45) is 1.57. The van der Waals surface area contributed by atoms with Crippen LogP contribution in [0.2, 0.25) is 0 Å². The molecule has 1 aliphatic rings. The smallest absolute Gasteiger partial charge is 0.287 e. The van der Waals surface area contributed by atoms with E-state index in [1.807, 2.05) is 6.07 Å². The van der Waals surface area contributed by atoms with Crippen molar-refractivity contribution in [1.29, 1.82) is 0 Å². The standard InChI is InChI=1S/C19H21N3O5/c1-26-15-5-2-4-14(11-15)22-12-13(10-17(22)23)18(24)20-7-8-21-19(25)16-6-3-9-27-16/h2-6,9,11,13H,7-8,10,12H2,1H3,(H,20,24)(H,21,25). The second kappa shape index (κ2) is 8.39. The molecule has 2 aromatic rings. The van der Waals surface area contributed by atoms with Gasteiger partial charge in [-0.1, -0.05) is 6.07 Å². The first kappa shape index (κ1) is 18.5. The number of benzene rings is 1. The number of nitrogens with zero attached hydrogens (tertiary/aromatic N) is 1. The van der Waals surface area contributed by atoms with Crippen LogP contribution >= 0.6 is 0 Å². The highest BCUT2D eigenvalue weighted by atomic mass is 16.5. The van der Waals surface area contributed by atoms with Crippen LogP contribution in [-0.4, -0.2) is 44.5 Å². The molecule has 8 heteroatoms. The van der Waals surface area contributed by atoms with Gasteiger partial charge in [0.2, 0.25) is 11.8 Å². The molecular formula is C19H21N3O5. The second-order valence-corrected chi connectivity index (χ2v) is 6.13. The number of carbonyl (C=O) groups excluding carboxylic acids is 3. The van der Waals surface area contributed by atoms with Gasteiger partial charge in [0.05, 0.1) is 19.3 Å². The van der Waals surface area contributed by atoms with Gasteiger partial charge in [-0.15, -0.1) is 0 Å². The molecule has 142 valence electrons. The third-order valence-corrected chi connectivity index (χ3v) is 4.32. The van der Waals surface area contributed by atoms with Crippen LogP contribution in [0.3, 0.4) is 0 Å². The van der Waals surface area contributed by atoms with Gasteiger partial charge in [0.1, 0.15) is 5.75 Å². The van der Waals surface area contributed by atoms with Crippen molar-refractivity contribution in [1.82, 2.24) is 10.6 Å². The molecule has 0 radical (unpaired) electrons. The van der Waals surface area contributed by atoms with Crippen LogP contribution in [-0.2, 0) is 9.59 Å². The summed E-state index contributed by atoms with van der Waals surface area (Å²) in [6, 6.07) is 10.4. The molecule has 0 spiro atoms. The zero-order chi connectivity index (χ0) is 19.2. The molecule has 2 heterocycles. The largest absolute Gasteiger partial charge is 0.497 e. The number of anilines is 1. The van der Waals surface area contributed by atoms with Gasteiger partial charge in [-0.3, -0.25) is 14.4 Å². The Kier molecular flexibility index (Phi) is 5.75. The molecule has 27 heavy (non-hydrogen) atoms. The maximum Gasteiger partial charge on any atom is 0.287 e. The summed E-state index contributed by atoms with van der Waals surface area (Å²) in [5.74, 6) is -0.202. The number of hydrogen-bond acceptors (Lipinski definition) is 5. The van der Waals surface area contributed by atoms with E-state index in [9.17, 15) is 14.4 Å². The molecule has 1 saturated heterocycles. The van der Waals surface area contributed by atoms with Crippen LogP contribution in [0.15, 0.2) is 47.1 Å². The third-order valence-electron chi connectivity index (χ3n) is 4.32. The van der Waals surface area contributed by atoms with Crippen LogP contribution in [0.25, 0.3) is 0 Å². The van der Waals surface area contributed by atoms with Crippen molar-refractivity contribution in [3.63, 3.8) is 0 Å². The molecule has 2 N–H and O–H groups in total. The maximum absolute atomic E-state index is 12.3. The van der Waals surface area contributed by atoms with E-state index in [1.54, 1.807) is 42.3 Å². The summed E-state index contributed by atoms with van der Waals surface area (Å²) < 4.78 is 10.2. The average Bonchev–Trinajstić information content (AvgIpc) is 3.35. The monoisotopic (exact) mass is 371 g/mol. The Labute approximate surface area is 156 Å². The summed E-state index contributed by atoms with van der Waals surface area (Å²) in [5.41, 5.74) is 0.709. The molecule has 0 saturated carbocycles. The number of amides is 3. The lowest BCUT2D eigenvalue weighted by Gasteiger charge is -2.17. The van der Waals surface area contributed by atoms with E-state index in [1.165, 1.54) is 6.26 Å². The normalized spacial score (nSPS) is 16.3. The number of hydrogen-bond donors (Lipinski definition) is 2. The Bertz CT molecular complexity index is 819. The zero-order valence-corrected chi connectivity index (χ0v) is 14.9. The van der Waals surface area contributed by atoms with Gasteiger partial charge in [0.15, 0.2) is 5.76 Å². The van der Waals surface area contributed by atoms with Crippen LogP contribution in [0, 0.1) is 5.92 Å². The quantitative estimate of drug-likeness (QED) is 0.712. The van der Waals surface area contributed by atoms with Gasteiger partial charge in [-0.05, 0) is 24.3 Å². The molecule has 0 bridgehead atoms. The van der Waals surface area contributed by atoms with Crippen molar-refractivity contribution < 1.29 is 23.5 Å². The van der Waals surface area contributed by atoms with Crippen molar-refractivity contribution >= 4 is 23.4 Å². The zero-order valence-electron chi connectivity index (χ0n) is 14.9. The van der Waals surface area contributed by atoms with Crippen LogP contribution in [0.5, 0.6) is 5.75 Å². The van der Waals surface area contributed by atoms with Crippen molar-refractivity contribution in [3.8, 4) is 5.75 Å². The number of rotatable bonds is 7. The molecule has 1 unspecified atom stereocenters. The van der Waals surface area contributed by atoms with Crippen molar-refractivity contribution in [2.75, 3.05) is 31.6 Å². The molecule has 8 nitrogen and oxygen atoms in total. The number of ether oxygens (including phenoxy) is 1. The lowest BCUT2D eigenvalue weighted by atomic mass is 10.1. The van der Waals surface area contributed by atoms with Crippen LogP contribution in [0.1, 0.15) is 17.0 Å². The van der Waals surface area contributed by atoms with E-state index in [0.717, 1.165) is 0 Å². The van der Waals surface area contributed by atoms with E-state index in [4.69, 9.17) is 9.15 Å². The first-order valence-corrected chi connectivity index (χ1v) is 8.62. The number of furan rings is 1.